The number of hydrogen-bond donors (Lipinski definition) is 1. The van der Waals surface area contributed by atoms with Gasteiger partial charge in [0, 0.05) is 6.54 Å². The second-order valence-electron chi connectivity index (χ2n) is 3.17. The zero-order chi connectivity index (χ0) is 11.6. The zero-order valence-corrected chi connectivity index (χ0v) is 8.98. The molecule has 0 radical (unpaired) electrons. The molecule has 0 heterocycles. The normalized spacial score (nSPS) is 9.19. The Bertz CT molecular complexity index is 357. The summed E-state index contributed by atoms with van der Waals surface area (Å²) in [7, 11) is 0. The Hall–Kier alpha value is -2.02. The Morgan fingerprint density at radius 1 is 1.38 bits per heavy atom. The lowest BCUT2D eigenvalue weighted by atomic mass is 10.3. The van der Waals surface area contributed by atoms with Crippen LogP contribution in [0.1, 0.15) is 12.8 Å². The Morgan fingerprint density at radius 2 is 2.12 bits per heavy atom. The minimum atomic E-state index is -0.0915. The number of nitrogens with zero attached hydrogens (tertiary/aromatic N) is 1. The van der Waals surface area contributed by atoms with Crippen molar-refractivity contribution in [1.82, 2.24) is 5.32 Å². The molecule has 0 saturated carbocycles. The molecule has 0 unspecified atom stereocenters. The van der Waals surface area contributed by atoms with Crippen molar-refractivity contribution in [3.63, 3.8) is 0 Å². The molecule has 1 rings (SSSR count). The molecular formula is C12H14N2O2. The van der Waals surface area contributed by atoms with Crippen molar-refractivity contribution in [2.24, 2.45) is 0 Å². The van der Waals surface area contributed by atoms with Gasteiger partial charge < -0.3 is 10.1 Å². The maximum Gasteiger partial charge on any atom is 0.223 e. The van der Waals surface area contributed by atoms with Crippen LogP contribution in [0.2, 0.25) is 0 Å². The summed E-state index contributed by atoms with van der Waals surface area (Å²) in [5.74, 6) is 0.665. The molecule has 4 nitrogen and oxygen atoms in total. The molecule has 1 aromatic carbocycles. The molecule has 0 saturated heterocycles. The molecule has 0 bridgehead atoms. The minimum Gasteiger partial charge on any atom is -0.493 e. The molecule has 0 fully saturated rings. The smallest absolute Gasteiger partial charge is 0.223 e. The summed E-state index contributed by atoms with van der Waals surface area (Å²) in [6, 6.07) is 11.3. The number of ether oxygens (including phenoxy) is 1. The van der Waals surface area contributed by atoms with Crippen molar-refractivity contribution in [2.75, 3.05) is 13.2 Å². The molecule has 84 valence electrons. The lowest BCUT2D eigenvalue weighted by Gasteiger charge is -2.05. The highest BCUT2D eigenvalue weighted by Gasteiger charge is 2.00. The van der Waals surface area contributed by atoms with Crippen LogP contribution in [0, 0.1) is 11.3 Å². The first-order chi connectivity index (χ1) is 7.83. The Balaban J connectivity index is 2.12. The van der Waals surface area contributed by atoms with Gasteiger partial charge in [0.1, 0.15) is 5.75 Å². The number of rotatable bonds is 6. The van der Waals surface area contributed by atoms with Crippen molar-refractivity contribution < 1.29 is 9.53 Å². The van der Waals surface area contributed by atoms with Crippen molar-refractivity contribution in [2.45, 2.75) is 12.8 Å². The number of benzene rings is 1. The fraction of sp³-hybridized carbons (Fsp3) is 0.333. The molecule has 0 spiro atoms. The van der Waals surface area contributed by atoms with Crippen molar-refractivity contribution in [3.8, 4) is 11.8 Å². The average Bonchev–Trinajstić information content (AvgIpc) is 2.31. The quantitative estimate of drug-likeness (QED) is 0.736. The van der Waals surface area contributed by atoms with Crippen molar-refractivity contribution in [3.05, 3.63) is 30.3 Å². The Morgan fingerprint density at radius 3 is 2.81 bits per heavy atom. The van der Waals surface area contributed by atoms with Crippen LogP contribution in [0.15, 0.2) is 30.3 Å². The molecule has 1 N–H and O–H groups in total. The van der Waals surface area contributed by atoms with Gasteiger partial charge in [0.2, 0.25) is 5.91 Å². The maximum absolute atomic E-state index is 11.2. The molecule has 1 aromatic rings. The van der Waals surface area contributed by atoms with Gasteiger partial charge in [-0.25, -0.2) is 0 Å². The largest absolute Gasteiger partial charge is 0.493 e. The van der Waals surface area contributed by atoms with Crippen LogP contribution in [0.4, 0.5) is 0 Å². The first-order valence-electron chi connectivity index (χ1n) is 5.14. The summed E-state index contributed by atoms with van der Waals surface area (Å²) in [5.41, 5.74) is 0. The minimum absolute atomic E-state index is 0.0915. The Labute approximate surface area is 94.8 Å². The zero-order valence-electron chi connectivity index (χ0n) is 8.98. The topological polar surface area (TPSA) is 62.1 Å². The summed E-state index contributed by atoms with van der Waals surface area (Å²) in [4.78, 5) is 11.2. The van der Waals surface area contributed by atoms with Crippen LogP contribution in [0.3, 0.4) is 0 Å². The summed E-state index contributed by atoms with van der Waals surface area (Å²) >= 11 is 0. The van der Waals surface area contributed by atoms with Gasteiger partial charge in [-0.2, -0.15) is 5.26 Å². The average molecular weight is 218 g/mol. The van der Waals surface area contributed by atoms with E-state index in [1.165, 1.54) is 0 Å². The van der Waals surface area contributed by atoms with Crippen LogP contribution in [-0.2, 0) is 4.79 Å². The van der Waals surface area contributed by atoms with Gasteiger partial charge in [0.05, 0.1) is 25.5 Å². The standard InChI is InChI=1S/C12H14N2O2/c13-8-4-9-14-12(15)7-10-16-11-5-2-1-3-6-11/h1-3,5-6H,4,7,9-10H2,(H,14,15). The summed E-state index contributed by atoms with van der Waals surface area (Å²) in [6.07, 6.45) is 0.644. The summed E-state index contributed by atoms with van der Waals surface area (Å²) in [6.45, 7) is 0.753. The first kappa shape index (κ1) is 12.1. The Kier molecular flexibility index (Phi) is 5.49. The monoisotopic (exact) mass is 218 g/mol. The van der Waals surface area contributed by atoms with Crippen molar-refractivity contribution in [1.29, 1.82) is 5.26 Å². The fourth-order valence-electron chi connectivity index (χ4n) is 1.12. The number of carbonyl (C=O) groups excluding carboxylic acids is 1. The van der Waals surface area contributed by atoms with Crippen LogP contribution in [0.25, 0.3) is 0 Å². The fourth-order valence-corrected chi connectivity index (χ4v) is 1.12. The molecule has 4 heteroatoms. The number of amides is 1. The lowest BCUT2D eigenvalue weighted by Crippen LogP contribution is -2.25. The second kappa shape index (κ2) is 7.30. The van der Waals surface area contributed by atoms with E-state index in [1.54, 1.807) is 0 Å². The van der Waals surface area contributed by atoms with Crippen LogP contribution in [-0.4, -0.2) is 19.1 Å². The van der Waals surface area contributed by atoms with Gasteiger partial charge in [-0.3, -0.25) is 4.79 Å². The van der Waals surface area contributed by atoms with E-state index in [0.717, 1.165) is 5.75 Å². The van der Waals surface area contributed by atoms with Crippen molar-refractivity contribution >= 4 is 5.91 Å². The molecule has 0 aliphatic carbocycles. The maximum atomic E-state index is 11.2. The molecular weight excluding hydrogens is 204 g/mol. The summed E-state index contributed by atoms with van der Waals surface area (Å²) in [5, 5.41) is 10.9. The highest BCUT2D eigenvalue weighted by molar-refractivity contribution is 5.75. The predicted octanol–water partition coefficient (Wildman–Crippen LogP) is 1.49. The van der Waals surface area contributed by atoms with E-state index in [4.69, 9.17) is 10.00 Å². The number of hydrogen-bond acceptors (Lipinski definition) is 3. The SMILES string of the molecule is N#CCCNC(=O)CCOc1ccccc1. The third kappa shape index (κ3) is 5.01. The number of nitriles is 1. The molecule has 16 heavy (non-hydrogen) atoms. The molecule has 0 atom stereocenters. The van der Waals surface area contributed by atoms with Gasteiger partial charge in [0.15, 0.2) is 0 Å². The van der Waals surface area contributed by atoms with Gasteiger partial charge in [0.25, 0.3) is 0 Å². The number of nitrogens with one attached hydrogen (secondary N) is 1. The van der Waals surface area contributed by atoms with E-state index in [0.29, 0.717) is 26.0 Å². The van der Waals surface area contributed by atoms with E-state index in [1.807, 2.05) is 36.4 Å². The molecule has 1 amide bonds. The predicted molar refractivity (Wildman–Crippen MR) is 59.8 cm³/mol. The van der Waals surface area contributed by atoms with E-state index < -0.39 is 0 Å². The van der Waals surface area contributed by atoms with Crippen LogP contribution >= 0.6 is 0 Å². The third-order valence-corrected chi connectivity index (χ3v) is 1.90. The van der Waals surface area contributed by atoms with Gasteiger partial charge >= 0.3 is 0 Å². The van der Waals surface area contributed by atoms with Crippen LogP contribution < -0.4 is 10.1 Å². The third-order valence-electron chi connectivity index (χ3n) is 1.90. The van der Waals surface area contributed by atoms with E-state index >= 15 is 0 Å². The number of para-hydroxylation sites is 1. The van der Waals surface area contributed by atoms with E-state index in [2.05, 4.69) is 5.32 Å². The highest BCUT2D eigenvalue weighted by Crippen LogP contribution is 2.08. The van der Waals surface area contributed by atoms with Crippen LogP contribution in [0.5, 0.6) is 5.75 Å². The summed E-state index contributed by atoms with van der Waals surface area (Å²) < 4.78 is 5.36. The molecule has 0 aromatic heterocycles. The van der Waals surface area contributed by atoms with Gasteiger partial charge in [-0.1, -0.05) is 18.2 Å². The second-order valence-corrected chi connectivity index (χ2v) is 3.17. The lowest BCUT2D eigenvalue weighted by molar-refractivity contribution is -0.121. The molecule has 0 aliphatic rings. The van der Waals surface area contributed by atoms with E-state index in [9.17, 15) is 4.79 Å². The number of carbonyl (C=O) groups is 1. The van der Waals surface area contributed by atoms with Gasteiger partial charge in [-0.15, -0.1) is 0 Å². The van der Waals surface area contributed by atoms with Gasteiger partial charge in [-0.05, 0) is 12.1 Å². The first-order valence-corrected chi connectivity index (χ1v) is 5.14. The highest BCUT2D eigenvalue weighted by atomic mass is 16.5. The molecule has 0 aliphatic heterocycles. The van der Waals surface area contributed by atoms with E-state index in [-0.39, 0.29) is 5.91 Å².